The molecular weight excluding hydrogens is 412 g/mol. The van der Waals surface area contributed by atoms with Gasteiger partial charge in [-0.2, -0.15) is 5.10 Å². The van der Waals surface area contributed by atoms with Crippen LogP contribution < -0.4 is 5.32 Å². The lowest BCUT2D eigenvalue weighted by Crippen LogP contribution is -2.41. The van der Waals surface area contributed by atoms with Gasteiger partial charge >= 0.3 is 6.09 Å². The van der Waals surface area contributed by atoms with E-state index in [1.54, 1.807) is 0 Å². The van der Waals surface area contributed by atoms with Crippen LogP contribution in [0.3, 0.4) is 0 Å². The number of nitrogens with one attached hydrogen (secondary N) is 1. The number of hydrogen-bond donors (Lipinski definition) is 1. The summed E-state index contributed by atoms with van der Waals surface area (Å²) < 4.78 is 7.50. The molecule has 0 bridgehead atoms. The Hall–Kier alpha value is -2.34. The molecule has 1 aliphatic heterocycles. The lowest BCUT2D eigenvalue weighted by molar-refractivity contribution is 0.0486. The second-order valence-corrected chi connectivity index (χ2v) is 10.8. The summed E-state index contributed by atoms with van der Waals surface area (Å²) in [6.45, 7) is 9.83. The van der Waals surface area contributed by atoms with Crippen molar-refractivity contribution < 1.29 is 9.53 Å². The average Bonchev–Trinajstić information content (AvgIpc) is 3.16. The van der Waals surface area contributed by atoms with E-state index < -0.39 is 5.60 Å². The van der Waals surface area contributed by atoms with E-state index in [0.717, 1.165) is 51.4 Å². The average molecular weight is 453 g/mol. The van der Waals surface area contributed by atoms with Gasteiger partial charge in [-0.25, -0.2) is 4.79 Å². The Kier molecular flexibility index (Phi) is 7.74. The van der Waals surface area contributed by atoms with Gasteiger partial charge in [0, 0.05) is 25.3 Å². The molecule has 1 fully saturated rings. The largest absolute Gasteiger partial charge is 0.444 e. The summed E-state index contributed by atoms with van der Waals surface area (Å²) in [5, 5.41) is 7.93. The molecule has 2 aliphatic rings. The molecule has 33 heavy (non-hydrogen) atoms. The molecule has 0 radical (unpaired) electrons. The molecule has 0 atom stereocenters. The van der Waals surface area contributed by atoms with Gasteiger partial charge in [0.1, 0.15) is 5.60 Å². The topological polar surface area (TPSA) is 59.4 Å². The molecule has 1 aliphatic carbocycles. The number of carbonyl (C=O) groups is 1. The first-order valence-corrected chi connectivity index (χ1v) is 12.6. The van der Waals surface area contributed by atoms with Crippen molar-refractivity contribution in [1.29, 1.82) is 0 Å². The zero-order valence-corrected chi connectivity index (χ0v) is 20.6. The smallest absolute Gasteiger partial charge is 0.407 e. The molecule has 6 heteroatoms. The lowest BCUT2D eigenvalue weighted by atomic mass is 9.83. The van der Waals surface area contributed by atoms with Crippen molar-refractivity contribution in [1.82, 2.24) is 20.0 Å². The van der Waals surface area contributed by atoms with Gasteiger partial charge in [-0.3, -0.25) is 9.58 Å². The van der Waals surface area contributed by atoms with Gasteiger partial charge in [0.2, 0.25) is 0 Å². The van der Waals surface area contributed by atoms with Crippen LogP contribution in [0.25, 0.3) is 0 Å². The maximum absolute atomic E-state index is 12.0. The number of amides is 1. The lowest BCUT2D eigenvalue weighted by Gasteiger charge is -2.31. The quantitative estimate of drug-likeness (QED) is 0.631. The van der Waals surface area contributed by atoms with Gasteiger partial charge in [0.25, 0.3) is 0 Å². The molecule has 180 valence electrons. The van der Waals surface area contributed by atoms with Crippen molar-refractivity contribution in [2.24, 2.45) is 5.92 Å². The summed E-state index contributed by atoms with van der Waals surface area (Å²) in [4.78, 5) is 14.6. The second-order valence-electron chi connectivity index (χ2n) is 10.8. The third-order valence-corrected chi connectivity index (χ3v) is 6.84. The molecule has 6 nitrogen and oxygen atoms in total. The number of benzene rings is 1. The first-order valence-electron chi connectivity index (χ1n) is 12.6. The number of carbonyl (C=O) groups excluding carboxylic acids is 1. The van der Waals surface area contributed by atoms with Gasteiger partial charge in [0.05, 0.1) is 12.2 Å². The van der Waals surface area contributed by atoms with Gasteiger partial charge in [-0.1, -0.05) is 30.3 Å². The summed E-state index contributed by atoms with van der Waals surface area (Å²) >= 11 is 0. The Bertz CT molecular complexity index is 895. The number of ether oxygens (including phenoxy) is 1. The maximum atomic E-state index is 12.0. The molecule has 2 aromatic rings. The van der Waals surface area contributed by atoms with Crippen molar-refractivity contribution in [2.75, 3.05) is 13.1 Å². The Morgan fingerprint density at radius 1 is 1.15 bits per heavy atom. The second kappa shape index (κ2) is 10.7. The molecule has 1 aromatic heterocycles. The van der Waals surface area contributed by atoms with Gasteiger partial charge in [-0.15, -0.1) is 0 Å². The molecule has 0 unspecified atom stereocenters. The predicted molar refractivity (Wildman–Crippen MR) is 131 cm³/mol. The first kappa shape index (κ1) is 23.8. The van der Waals surface area contributed by atoms with Crippen LogP contribution in [0.5, 0.6) is 0 Å². The molecule has 0 spiro atoms. The molecule has 4 rings (SSSR count). The number of hydrogen-bond acceptors (Lipinski definition) is 4. The number of alkyl carbamates (subject to hydrolysis) is 1. The fourth-order valence-corrected chi connectivity index (χ4v) is 5.13. The summed E-state index contributed by atoms with van der Waals surface area (Å²) in [6.07, 6.45) is 10.1. The van der Waals surface area contributed by atoms with E-state index in [-0.39, 0.29) is 12.1 Å². The Balaban J connectivity index is 1.14. The zero-order valence-electron chi connectivity index (χ0n) is 20.6. The van der Waals surface area contributed by atoms with Crippen LogP contribution in [0.4, 0.5) is 4.79 Å². The minimum atomic E-state index is -0.434. The minimum Gasteiger partial charge on any atom is -0.444 e. The summed E-state index contributed by atoms with van der Waals surface area (Å²) in [6, 6.07) is 10.8. The Morgan fingerprint density at radius 2 is 1.91 bits per heavy atom. The van der Waals surface area contributed by atoms with Crippen molar-refractivity contribution in [2.45, 2.75) is 90.4 Å². The van der Waals surface area contributed by atoms with E-state index in [9.17, 15) is 4.79 Å². The first-order chi connectivity index (χ1) is 15.8. The number of fused-ring (bicyclic) bond motifs is 1. The molecule has 1 aromatic carbocycles. The monoisotopic (exact) mass is 452 g/mol. The third-order valence-electron chi connectivity index (χ3n) is 6.84. The van der Waals surface area contributed by atoms with Gasteiger partial charge in [0.15, 0.2) is 0 Å². The van der Waals surface area contributed by atoms with Crippen molar-refractivity contribution in [3.63, 3.8) is 0 Å². The highest BCUT2D eigenvalue weighted by Crippen LogP contribution is 2.28. The van der Waals surface area contributed by atoms with Gasteiger partial charge in [-0.05, 0) is 89.3 Å². The van der Waals surface area contributed by atoms with Crippen LogP contribution in [0.15, 0.2) is 36.5 Å². The van der Waals surface area contributed by atoms with Crippen molar-refractivity contribution in [3.8, 4) is 0 Å². The van der Waals surface area contributed by atoms with Crippen LogP contribution in [0, 0.1) is 5.92 Å². The van der Waals surface area contributed by atoms with Crippen LogP contribution in [-0.2, 0) is 24.2 Å². The normalized spacial score (nSPS) is 21.4. The van der Waals surface area contributed by atoms with Crippen LogP contribution in [-0.4, -0.2) is 45.5 Å². The van der Waals surface area contributed by atoms with E-state index in [0.29, 0.717) is 0 Å². The highest BCUT2D eigenvalue weighted by Gasteiger charge is 2.25. The Morgan fingerprint density at radius 3 is 2.64 bits per heavy atom. The third kappa shape index (κ3) is 7.32. The zero-order chi connectivity index (χ0) is 23.3. The Labute approximate surface area is 198 Å². The number of aromatic nitrogens is 2. The summed E-state index contributed by atoms with van der Waals surface area (Å²) in [7, 11) is 0. The molecule has 1 saturated carbocycles. The van der Waals surface area contributed by atoms with Crippen molar-refractivity contribution in [3.05, 3.63) is 53.3 Å². The van der Waals surface area contributed by atoms with E-state index in [4.69, 9.17) is 9.84 Å². The van der Waals surface area contributed by atoms with E-state index in [1.165, 1.54) is 42.5 Å². The van der Waals surface area contributed by atoms with E-state index in [1.807, 2.05) is 20.8 Å². The van der Waals surface area contributed by atoms with E-state index in [2.05, 4.69) is 51.4 Å². The van der Waals surface area contributed by atoms with Crippen molar-refractivity contribution >= 4 is 6.09 Å². The molecule has 2 heterocycles. The minimum absolute atomic E-state index is 0.266. The SMILES string of the molecule is CC(C)(C)OC(=O)NC1CCC(CCCN2CCc3cn(Cc4ccccc4)nc3C2)CC1. The molecule has 0 saturated heterocycles. The highest BCUT2D eigenvalue weighted by molar-refractivity contribution is 5.68. The molecular formula is C27H40N4O2. The maximum Gasteiger partial charge on any atom is 0.407 e. The van der Waals surface area contributed by atoms with Crippen LogP contribution in [0.1, 0.15) is 76.1 Å². The highest BCUT2D eigenvalue weighted by atomic mass is 16.6. The van der Waals surface area contributed by atoms with E-state index >= 15 is 0 Å². The number of nitrogens with zero attached hydrogens (tertiary/aromatic N) is 3. The number of rotatable bonds is 7. The summed E-state index contributed by atoms with van der Waals surface area (Å²) in [5.74, 6) is 0.784. The molecule has 1 N–H and O–H groups in total. The predicted octanol–water partition coefficient (Wildman–Crippen LogP) is 5.15. The molecule has 1 amide bonds. The van der Waals surface area contributed by atoms with Crippen LogP contribution in [0.2, 0.25) is 0 Å². The standard InChI is InChI=1S/C27H40N4O2/c1-27(2,3)33-26(32)28-24-13-11-21(12-14-24)10-7-16-30-17-15-23-19-31(29-25(23)20-30)18-22-8-5-4-6-9-22/h4-6,8-9,19,21,24H,7,10-18,20H2,1-3H3,(H,28,32). The fourth-order valence-electron chi connectivity index (χ4n) is 5.13. The van der Waals surface area contributed by atoms with Crippen LogP contribution >= 0.6 is 0 Å². The van der Waals surface area contributed by atoms with Gasteiger partial charge < -0.3 is 10.1 Å². The summed E-state index contributed by atoms with van der Waals surface area (Å²) in [5.41, 5.74) is 3.53. The fraction of sp³-hybridized carbons (Fsp3) is 0.630.